The highest BCUT2D eigenvalue weighted by atomic mass is 35.5. The van der Waals surface area contributed by atoms with E-state index in [4.69, 9.17) is 28.3 Å². The van der Waals surface area contributed by atoms with Crippen LogP contribution < -0.4 is 5.32 Å². The Morgan fingerprint density at radius 1 is 1.44 bits per heavy atom. The van der Waals surface area contributed by atoms with E-state index in [0.29, 0.717) is 0 Å². The third kappa shape index (κ3) is 3.45. The average Bonchev–Trinajstić information content (AvgIpc) is 2.28. The van der Waals surface area contributed by atoms with E-state index in [0.717, 1.165) is 0 Å². The van der Waals surface area contributed by atoms with Crippen LogP contribution in [0.4, 0.5) is 0 Å². The highest BCUT2D eigenvalue weighted by Gasteiger charge is 2.22. The minimum absolute atomic E-state index is 0.00338. The molecule has 1 rings (SSSR count). The van der Waals surface area contributed by atoms with Crippen LogP contribution in [0.15, 0.2) is 25.0 Å². The van der Waals surface area contributed by atoms with E-state index in [1.165, 1.54) is 18.5 Å². The zero-order valence-corrected chi connectivity index (χ0v) is 10.7. The third-order valence-electron chi connectivity index (χ3n) is 2.09. The number of amides is 1. The topological polar surface area (TPSA) is 79.3 Å². The zero-order chi connectivity index (χ0) is 13.7. The van der Waals surface area contributed by atoms with Gasteiger partial charge in [0.25, 0.3) is 5.91 Å². The van der Waals surface area contributed by atoms with Crippen LogP contribution in [0.3, 0.4) is 0 Å². The summed E-state index contributed by atoms with van der Waals surface area (Å²) < 4.78 is 0. The van der Waals surface area contributed by atoms with E-state index in [-0.39, 0.29) is 22.0 Å². The number of carboxylic acids is 1. The van der Waals surface area contributed by atoms with Gasteiger partial charge in [-0.1, -0.05) is 29.3 Å². The van der Waals surface area contributed by atoms with Crippen LogP contribution in [-0.4, -0.2) is 28.0 Å². The first kappa shape index (κ1) is 14.5. The lowest BCUT2D eigenvalue weighted by molar-refractivity contribution is -0.139. The van der Waals surface area contributed by atoms with Crippen molar-refractivity contribution in [2.45, 2.75) is 12.5 Å². The first-order valence-corrected chi connectivity index (χ1v) is 5.66. The molecule has 7 heteroatoms. The molecule has 0 saturated heterocycles. The SMILES string of the molecule is C=CCC(NC(=O)c1c(Cl)cncc1Cl)C(=O)O. The quantitative estimate of drug-likeness (QED) is 0.814. The monoisotopic (exact) mass is 288 g/mol. The van der Waals surface area contributed by atoms with Gasteiger partial charge in [0.05, 0.1) is 15.6 Å². The molecule has 1 amide bonds. The molecule has 0 aliphatic carbocycles. The smallest absolute Gasteiger partial charge is 0.326 e. The molecule has 0 fully saturated rings. The molecule has 1 heterocycles. The Morgan fingerprint density at radius 3 is 2.44 bits per heavy atom. The van der Waals surface area contributed by atoms with Crippen molar-refractivity contribution in [3.63, 3.8) is 0 Å². The summed E-state index contributed by atoms with van der Waals surface area (Å²) >= 11 is 11.6. The molecule has 1 atom stereocenters. The van der Waals surface area contributed by atoms with Gasteiger partial charge in [-0.3, -0.25) is 9.78 Å². The summed E-state index contributed by atoms with van der Waals surface area (Å²) in [6.45, 7) is 3.42. The Labute approximate surface area is 113 Å². The Hall–Kier alpha value is -1.59. The van der Waals surface area contributed by atoms with Gasteiger partial charge in [0.1, 0.15) is 6.04 Å². The van der Waals surface area contributed by atoms with Gasteiger partial charge in [0, 0.05) is 12.4 Å². The van der Waals surface area contributed by atoms with E-state index >= 15 is 0 Å². The van der Waals surface area contributed by atoms with Crippen LogP contribution in [0.1, 0.15) is 16.8 Å². The molecule has 0 aliphatic rings. The molecular formula is C11H10Cl2N2O3. The second-order valence-electron chi connectivity index (χ2n) is 3.37. The average molecular weight is 289 g/mol. The number of nitrogens with zero attached hydrogens (tertiary/aromatic N) is 1. The lowest BCUT2D eigenvalue weighted by atomic mass is 10.2. The summed E-state index contributed by atoms with van der Waals surface area (Å²) in [6, 6.07) is -1.07. The van der Waals surface area contributed by atoms with Crippen LogP contribution in [0.25, 0.3) is 0 Å². The van der Waals surface area contributed by atoms with Crippen LogP contribution in [0, 0.1) is 0 Å². The number of aliphatic carboxylic acids is 1. The van der Waals surface area contributed by atoms with Crippen molar-refractivity contribution in [3.8, 4) is 0 Å². The number of pyridine rings is 1. The van der Waals surface area contributed by atoms with Gasteiger partial charge in [-0.15, -0.1) is 6.58 Å². The summed E-state index contributed by atoms with van der Waals surface area (Å²) in [6.07, 6.45) is 4.01. The second-order valence-corrected chi connectivity index (χ2v) is 4.18. The highest BCUT2D eigenvalue weighted by Crippen LogP contribution is 2.22. The number of rotatable bonds is 5. The molecule has 0 bridgehead atoms. The predicted molar refractivity (Wildman–Crippen MR) is 68.0 cm³/mol. The molecular weight excluding hydrogens is 279 g/mol. The maximum atomic E-state index is 11.9. The lowest BCUT2D eigenvalue weighted by Gasteiger charge is -2.13. The molecule has 96 valence electrons. The number of hydrogen-bond donors (Lipinski definition) is 2. The number of carbonyl (C=O) groups is 2. The fraction of sp³-hybridized carbons (Fsp3) is 0.182. The number of carbonyl (C=O) groups excluding carboxylic acids is 1. The molecule has 0 aromatic carbocycles. The fourth-order valence-electron chi connectivity index (χ4n) is 1.25. The van der Waals surface area contributed by atoms with E-state index in [2.05, 4.69) is 16.9 Å². The number of hydrogen-bond acceptors (Lipinski definition) is 3. The Bertz CT molecular complexity index is 471. The minimum atomic E-state index is -1.16. The summed E-state index contributed by atoms with van der Waals surface area (Å²) in [5.41, 5.74) is 0.00338. The van der Waals surface area contributed by atoms with Gasteiger partial charge in [0.15, 0.2) is 0 Å². The van der Waals surface area contributed by atoms with Crippen LogP contribution in [0.5, 0.6) is 0 Å². The van der Waals surface area contributed by atoms with Crippen molar-refractivity contribution in [2.75, 3.05) is 0 Å². The first-order valence-electron chi connectivity index (χ1n) is 4.91. The van der Waals surface area contributed by atoms with Gasteiger partial charge in [0.2, 0.25) is 0 Å². The van der Waals surface area contributed by atoms with E-state index in [1.54, 1.807) is 0 Å². The summed E-state index contributed by atoms with van der Waals surface area (Å²) in [5, 5.41) is 11.3. The van der Waals surface area contributed by atoms with Crippen molar-refractivity contribution < 1.29 is 14.7 Å². The summed E-state index contributed by atoms with van der Waals surface area (Å²) in [7, 11) is 0. The number of halogens is 2. The molecule has 1 aromatic heterocycles. The van der Waals surface area contributed by atoms with Crippen molar-refractivity contribution >= 4 is 35.1 Å². The molecule has 0 aliphatic heterocycles. The zero-order valence-electron chi connectivity index (χ0n) is 9.19. The largest absolute Gasteiger partial charge is 0.480 e. The summed E-state index contributed by atoms with van der Waals surface area (Å²) in [5.74, 6) is -1.83. The standard InChI is InChI=1S/C11H10Cl2N2O3/c1-2-3-8(11(17)18)15-10(16)9-6(12)4-14-5-7(9)13/h2,4-5,8H,1,3H2,(H,15,16)(H,17,18). The number of aromatic nitrogens is 1. The maximum absolute atomic E-state index is 11.9. The highest BCUT2D eigenvalue weighted by molar-refractivity contribution is 6.39. The van der Waals surface area contributed by atoms with Gasteiger partial charge in [-0.05, 0) is 6.42 Å². The molecule has 18 heavy (non-hydrogen) atoms. The molecule has 0 radical (unpaired) electrons. The van der Waals surface area contributed by atoms with Crippen molar-refractivity contribution in [1.29, 1.82) is 0 Å². The number of nitrogens with one attached hydrogen (secondary N) is 1. The van der Waals surface area contributed by atoms with Crippen molar-refractivity contribution in [3.05, 3.63) is 40.7 Å². The molecule has 2 N–H and O–H groups in total. The van der Waals surface area contributed by atoms with Gasteiger partial charge in [-0.2, -0.15) is 0 Å². The van der Waals surface area contributed by atoms with E-state index in [1.807, 2.05) is 0 Å². The van der Waals surface area contributed by atoms with E-state index in [9.17, 15) is 9.59 Å². The van der Waals surface area contributed by atoms with Gasteiger partial charge in [-0.25, -0.2) is 4.79 Å². The Balaban J connectivity index is 2.94. The Morgan fingerprint density at radius 2 is 2.00 bits per heavy atom. The molecule has 0 saturated carbocycles. The van der Waals surface area contributed by atoms with E-state index < -0.39 is 17.9 Å². The maximum Gasteiger partial charge on any atom is 0.326 e. The Kier molecular flexibility index (Phi) is 5.12. The van der Waals surface area contributed by atoms with Gasteiger partial charge < -0.3 is 10.4 Å². The van der Waals surface area contributed by atoms with Crippen LogP contribution >= 0.6 is 23.2 Å². The molecule has 1 aromatic rings. The van der Waals surface area contributed by atoms with Gasteiger partial charge >= 0.3 is 5.97 Å². The van der Waals surface area contributed by atoms with Crippen molar-refractivity contribution in [1.82, 2.24) is 10.3 Å². The number of carboxylic acid groups (broad SMARTS) is 1. The normalized spacial score (nSPS) is 11.7. The van der Waals surface area contributed by atoms with Crippen LogP contribution in [-0.2, 0) is 4.79 Å². The lowest BCUT2D eigenvalue weighted by Crippen LogP contribution is -2.40. The first-order chi connectivity index (χ1) is 8.47. The molecule has 1 unspecified atom stereocenters. The second kappa shape index (κ2) is 6.37. The minimum Gasteiger partial charge on any atom is -0.480 e. The van der Waals surface area contributed by atoms with Crippen molar-refractivity contribution in [2.24, 2.45) is 0 Å². The third-order valence-corrected chi connectivity index (χ3v) is 2.66. The fourth-order valence-corrected chi connectivity index (χ4v) is 1.78. The summed E-state index contributed by atoms with van der Waals surface area (Å²) in [4.78, 5) is 26.5. The van der Waals surface area contributed by atoms with Crippen LogP contribution in [0.2, 0.25) is 10.0 Å². The molecule has 5 nitrogen and oxygen atoms in total. The molecule has 0 spiro atoms. The predicted octanol–water partition coefficient (Wildman–Crippen LogP) is 2.15.